The van der Waals surface area contributed by atoms with Gasteiger partial charge in [0, 0.05) is 11.0 Å². The molecule has 1 aromatic carbocycles. The summed E-state index contributed by atoms with van der Waals surface area (Å²) in [5.41, 5.74) is 7.70. The lowest BCUT2D eigenvalue weighted by atomic mass is 9.66. The molecule has 1 aromatic rings. The summed E-state index contributed by atoms with van der Waals surface area (Å²) < 4.78 is 4.83. The van der Waals surface area contributed by atoms with Crippen molar-refractivity contribution in [2.75, 3.05) is 7.11 Å². The summed E-state index contributed by atoms with van der Waals surface area (Å²) in [5, 5.41) is 0. The Labute approximate surface area is 122 Å². The molecule has 1 unspecified atom stereocenters. The average molecular weight is 277 g/mol. The van der Waals surface area contributed by atoms with Crippen molar-refractivity contribution in [2.45, 2.75) is 57.9 Å². The molecular formula is C17H27NO2. The Kier molecular flexibility index (Phi) is 4.98. The molecule has 0 amide bonds. The van der Waals surface area contributed by atoms with Gasteiger partial charge in [-0.05, 0) is 30.9 Å². The number of methoxy groups -OCH3 is 1. The highest BCUT2D eigenvalue weighted by molar-refractivity contribution is 5.71. The van der Waals surface area contributed by atoms with E-state index in [0.717, 1.165) is 5.56 Å². The topological polar surface area (TPSA) is 52.3 Å². The summed E-state index contributed by atoms with van der Waals surface area (Å²) in [5.74, 6) is 0.251. The monoisotopic (exact) mass is 277 g/mol. The third-order valence-corrected chi connectivity index (χ3v) is 4.36. The quantitative estimate of drug-likeness (QED) is 0.840. The van der Waals surface area contributed by atoms with Crippen molar-refractivity contribution < 1.29 is 9.53 Å². The predicted octanol–water partition coefficient (Wildman–Crippen LogP) is 3.37. The summed E-state index contributed by atoms with van der Waals surface area (Å²) in [4.78, 5) is 11.7. The molecule has 20 heavy (non-hydrogen) atoms. The number of hydrogen-bond donors (Lipinski definition) is 1. The molecule has 0 aromatic heterocycles. The Bertz CT molecular complexity index is 457. The normalized spacial score (nSPS) is 15.0. The van der Waals surface area contributed by atoms with Gasteiger partial charge in [0.15, 0.2) is 0 Å². The number of esters is 1. The van der Waals surface area contributed by atoms with Gasteiger partial charge < -0.3 is 10.5 Å². The summed E-state index contributed by atoms with van der Waals surface area (Å²) in [7, 11) is 1.41. The van der Waals surface area contributed by atoms with Gasteiger partial charge >= 0.3 is 5.97 Å². The fourth-order valence-electron chi connectivity index (χ4n) is 2.30. The number of carbonyl (C=O) groups is 1. The molecule has 0 saturated carbocycles. The van der Waals surface area contributed by atoms with Crippen LogP contribution >= 0.6 is 0 Å². The zero-order chi connectivity index (χ0) is 15.6. The van der Waals surface area contributed by atoms with Crippen LogP contribution in [0.2, 0.25) is 0 Å². The van der Waals surface area contributed by atoms with Crippen molar-refractivity contribution in [2.24, 2.45) is 5.73 Å². The maximum Gasteiger partial charge on any atom is 0.306 e. The molecule has 0 bridgehead atoms. The van der Waals surface area contributed by atoms with Crippen LogP contribution < -0.4 is 5.73 Å². The van der Waals surface area contributed by atoms with Gasteiger partial charge in [-0.25, -0.2) is 0 Å². The SMILES string of the molecule is COC(=O)CC(C)(c1ccc(C(C)C)cc1)C(C)(C)N. The molecule has 0 aliphatic heterocycles. The Morgan fingerprint density at radius 3 is 2.05 bits per heavy atom. The summed E-state index contributed by atoms with van der Waals surface area (Å²) in [6.45, 7) is 10.2. The zero-order valence-corrected chi connectivity index (χ0v) is 13.5. The first-order chi connectivity index (χ1) is 9.11. The maximum atomic E-state index is 11.7. The van der Waals surface area contributed by atoms with E-state index in [1.807, 2.05) is 20.8 Å². The van der Waals surface area contributed by atoms with Crippen molar-refractivity contribution in [3.05, 3.63) is 35.4 Å². The van der Waals surface area contributed by atoms with Crippen LogP contribution in [0.3, 0.4) is 0 Å². The highest BCUT2D eigenvalue weighted by Gasteiger charge is 2.41. The van der Waals surface area contributed by atoms with E-state index < -0.39 is 11.0 Å². The number of hydrogen-bond acceptors (Lipinski definition) is 3. The van der Waals surface area contributed by atoms with Gasteiger partial charge in [0.05, 0.1) is 13.5 Å². The molecule has 0 radical (unpaired) electrons. The van der Waals surface area contributed by atoms with Crippen LogP contribution in [-0.4, -0.2) is 18.6 Å². The van der Waals surface area contributed by atoms with Crippen LogP contribution in [0.5, 0.6) is 0 Å². The van der Waals surface area contributed by atoms with Gasteiger partial charge in [0.1, 0.15) is 0 Å². The van der Waals surface area contributed by atoms with E-state index in [1.165, 1.54) is 12.7 Å². The largest absolute Gasteiger partial charge is 0.469 e. The van der Waals surface area contributed by atoms with Gasteiger partial charge in [-0.15, -0.1) is 0 Å². The van der Waals surface area contributed by atoms with E-state index in [2.05, 4.69) is 38.1 Å². The summed E-state index contributed by atoms with van der Waals surface area (Å²) >= 11 is 0. The molecule has 3 heteroatoms. The van der Waals surface area contributed by atoms with Crippen LogP contribution in [0.15, 0.2) is 24.3 Å². The van der Waals surface area contributed by atoms with E-state index in [0.29, 0.717) is 5.92 Å². The van der Waals surface area contributed by atoms with Crippen molar-refractivity contribution >= 4 is 5.97 Å². The maximum absolute atomic E-state index is 11.7. The minimum Gasteiger partial charge on any atom is -0.469 e. The molecule has 0 spiro atoms. The van der Waals surface area contributed by atoms with Crippen molar-refractivity contribution in [1.29, 1.82) is 0 Å². The first-order valence-corrected chi connectivity index (χ1v) is 7.08. The van der Waals surface area contributed by atoms with Crippen LogP contribution in [0.1, 0.15) is 58.1 Å². The Balaban J connectivity index is 3.21. The Morgan fingerprint density at radius 2 is 1.70 bits per heavy atom. The van der Waals surface area contributed by atoms with Crippen LogP contribution in [0, 0.1) is 0 Å². The lowest BCUT2D eigenvalue weighted by molar-refractivity contribution is -0.142. The summed E-state index contributed by atoms with van der Waals surface area (Å²) in [6, 6.07) is 8.38. The van der Waals surface area contributed by atoms with E-state index in [-0.39, 0.29) is 12.4 Å². The number of nitrogens with two attached hydrogens (primary N) is 1. The van der Waals surface area contributed by atoms with E-state index in [4.69, 9.17) is 10.5 Å². The molecule has 0 saturated heterocycles. The highest BCUT2D eigenvalue weighted by atomic mass is 16.5. The smallest absolute Gasteiger partial charge is 0.306 e. The van der Waals surface area contributed by atoms with Crippen LogP contribution in [0.4, 0.5) is 0 Å². The molecule has 0 aliphatic rings. The fraction of sp³-hybridized carbons (Fsp3) is 0.588. The van der Waals surface area contributed by atoms with Crippen molar-refractivity contribution in [3.63, 3.8) is 0 Å². The zero-order valence-electron chi connectivity index (χ0n) is 13.5. The van der Waals surface area contributed by atoms with E-state index in [9.17, 15) is 4.79 Å². The number of rotatable bonds is 5. The second kappa shape index (κ2) is 5.96. The lowest BCUT2D eigenvalue weighted by Gasteiger charge is -2.41. The van der Waals surface area contributed by atoms with Gasteiger partial charge in [0.2, 0.25) is 0 Å². The number of carbonyl (C=O) groups excluding carboxylic acids is 1. The Hall–Kier alpha value is -1.35. The predicted molar refractivity (Wildman–Crippen MR) is 82.8 cm³/mol. The van der Waals surface area contributed by atoms with Crippen LogP contribution in [-0.2, 0) is 14.9 Å². The minimum atomic E-state index is -0.527. The standard InChI is InChI=1S/C17H27NO2/c1-12(2)13-7-9-14(10-8-13)17(5,16(3,4)18)11-15(19)20-6/h7-10,12H,11,18H2,1-6H3. The third-order valence-electron chi connectivity index (χ3n) is 4.36. The molecule has 1 rings (SSSR count). The lowest BCUT2D eigenvalue weighted by Crippen LogP contribution is -2.53. The fourth-order valence-corrected chi connectivity index (χ4v) is 2.30. The van der Waals surface area contributed by atoms with E-state index in [1.54, 1.807) is 0 Å². The third kappa shape index (κ3) is 3.40. The molecule has 1 atom stereocenters. The average Bonchev–Trinajstić information content (AvgIpc) is 2.37. The highest BCUT2D eigenvalue weighted by Crippen LogP contribution is 2.37. The minimum absolute atomic E-state index is 0.237. The molecular weight excluding hydrogens is 250 g/mol. The van der Waals surface area contributed by atoms with E-state index >= 15 is 0 Å². The molecule has 112 valence electrons. The van der Waals surface area contributed by atoms with Gasteiger partial charge in [-0.3, -0.25) is 4.79 Å². The Morgan fingerprint density at radius 1 is 1.20 bits per heavy atom. The first kappa shape index (κ1) is 16.7. The number of ether oxygens (including phenoxy) is 1. The second-order valence-electron chi connectivity index (χ2n) is 6.58. The first-order valence-electron chi connectivity index (χ1n) is 7.08. The van der Waals surface area contributed by atoms with Crippen molar-refractivity contribution in [1.82, 2.24) is 0 Å². The molecule has 0 aliphatic carbocycles. The van der Waals surface area contributed by atoms with Crippen molar-refractivity contribution in [3.8, 4) is 0 Å². The van der Waals surface area contributed by atoms with Gasteiger partial charge in [0.25, 0.3) is 0 Å². The second-order valence-corrected chi connectivity index (χ2v) is 6.58. The van der Waals surface area contributed by atoms with Crippen LogP contribution in [0.25, 0.3) is 0 Å². The molecule has 2 N–H and O–H groups in total. The van der Waals surface area contributed by atoms with Gasteiger partial charge in [-0.2, -0.15) is 0 Å². The van der Waals surface area contributed by atoms with Gasteiger partial charge in [-0.1, -0.05) is 45.0 Å². The number of benzene rings is 1. The molecule has 0 fully saturated rings. The molecule has 0 heterocycles. The summed E-state index contributed by atoms with van der Waals surface area (Å²) in [6.07, 6.45) is 0.272. The molecule has 3 nitrogen and oxygen atoms in total.